The van der Waals surface area contributed by atoms with Gasteiger partial charge in [0.25, 0.3) is 5.91 Å². The lowest BCUT2D eigenvalue weighted by atomic mass is 10.0. The van der Waals surface area contributed by atoms with Gasteiger partial charge in [-0.2, -0.15) is 21.6 Å². The fourth-order valence-electron chi connectivity index (χ4n) is 3.94. The highest BCUT2D eigenvalue weighted by Crippen LogP contribution is 2.30. The van der Waals surface area contributed by atoms with E-state index in [-0.39, 0.29) is 22.0 Å². The van der Waals surface area contributed by atoms with Gasteiger partial charge in [0.15, 0.2) is 5.88 Å². The molecular weight excluding hydrogens is 638 g/mol. The molecule has 1 aliphatic heterocycles. The van der Waals surface area contributed by atoms with Crippen molar-refractivity contribution in [3.8, 4) is 5.75 Å². The Morgan fingerprint density at radius 3 is 2.40 bits per heavy atom. The Morgan fingerprint density at radius 2 is 1.81 bits per heavy atom. The van der Waals surface area contributed by atoms with Crippen LogP contribution in [0.3, 0.4) is 0 Å². The molecule has 1 atom stereocenters. The molecule has 1 aliphatic rings. The second-order valence-electron chi connectivity index (χ2n) is 9.30. The molecule has 1 heterocycles. The number of benzene rings is 2. The highest BCUT2D eigenvalue weighted by atomic mass is 35.5. The van der Waals surface area contributed by atoms with Gasteiger partial charge >= 0.3 is 21.5 Å². The third-order valence-corrected chi connectivity index (χ3v) is 7.86. The molecule has 2 N–H and O–H groups in total. The minimum absolute atomic E-state index is 0.0402. The predicted octanol–water partition coefficient (Wildman–Crippen LogP) is 5.12. The lowest BCUT2D eigenvalue weighted by Gasteiger charge is -2.30. The van der Waals surface area contributed by atoms with E-state index in [2.05, 4.69) is 17.1 Å². The number of morpholine rings is 1. The van der Waals surface area contributed by atoms with Gasteiger partial charge in [0.2, 0.25) is 0 Å². The number of allylic oxidation sites excluding steroid dienone is 1. The van der Waals surface area contributed by atoms with Gasteiger partial charge in [0, 0.05) is 19.5 Å². The van der Waals surface area contributed by atoms with Gasteiger partial charge in [-0.15, -0.1) is 0 Å². The van der Waals surface area contributed by atoms with Crippen molar-refractivity contribution in [3.05, 3.63) is 69.5 Å². The summed E-state index contributed by atoms with van der Waals surface area (Å²) in [6, 6.07) is 6.49. The first-order chi connectivity index (χ1) is 20.3. The van der Waals surface area contributed by atoms with E-state index in [1.807, 2.05) is 6.08 Å². The van der Waals surface area contributed by atoms with Gasteiger partial charge in [0.1, 0.15) is 11.8 Å². The smallest absolute Gasteiger partial charge is 0.467 e. The monoisotopic (exact) mass is 667 g/mol. The standard InChI is InChI=1S/C27H30Cl2F3N3O7S/c1-3-4-5-24(35-10-12-41-13-11-35)42-23-9-6-17(14-21(23)29)15-22(26(37)40-2)33-25(36)19-8-7-18(16-20(19)28)34-43(38,39)27(30,31)32/h5-9,14,16,22,34H,3-4,10-13,15H2,1-2H3,(H,33,36)/b24-5+. The van der Waals surface area contributed by atoms with Crippen molar-refractivity contribution in [1.82, 2.24) is 10.2 Å². The number of halogens is 5. The molecule has 16 heteroatoms. The topological polar surface area (TPSA) is 123 Å². The van der Waals surface area contributed by atoms with E-state index in [0.717, 1.165) is 38.2 Å². The number of amides is 1. The average molecular weight is 669 g/mol. The Balaban J connectivity index is 1.74. The van der Waals surface area contributed by atoms with Crippen LogP contribution >= 0.6 is 23.2 Å². The Bertz CT molecular complexity index is 1450. The number of ether oxygens (including phenoxy) is 3. The molecule has 1 unspecified atom stereocenters. The number of esters is 1. The quantitative estimate of drug-likeness (QED) is 0.236. The van der Waals surface area contributed by atoms with E-state index < -0.39 is 39.1 Å². The normalized spacial score (nSPS) is 15.0. The second-order valence-corrected chi connectivity index (χ2v) is 11.8. The minimum Gasteiger partial charge on any atom is -0.467 e. The molecule has 2 aromatic rings. The summed E-state index contributed by atoms with van der Waals surface area (Å²) in [5.74, 6) is -0.583. The van der Waals surface area contributed by atoms with Crippen molar-refractivity contribution in [2.75, 3.05) is 38.1 Å². The van der Waals surface area contributed by atoms with Crippen LogP contribution in [0.2, 0.25) is 10.0 Å². The number of hydrogen-bond acceptors (Lipinski definition) is 8. The van der Waals surface area contributed by atoms with E-state index in [0.29, 0.717) is 43.5 Å². The molecule has 0 aromatic heterocycles. The molecular formula is C27H30Cl2F3N3O7S. The third kappa shape index (κ3) is 9.39. The Kier molecular flexibility index (Phi) is 12.0. The number of unbranched alkanes of at least 4 members (excludes halogenated alkanes) is 1. The van der Waals surface area contributed by atoms with Crippen LogP contribution in [0.5, 0.6) is 5.75 Å². The molecule has 1 fully saturated rings. The van der Waals surface area contributed by atoms with E-state index in [1.165, 1.54) is 4.72 Å². The van der Waals surface area contributed by atoms with Crippen LogP contribution < -0.4 is 14.8 Å². The molecule has 43 heavy (non-hydrogen) atoms. The molecule has 10 nitrogen and oxygen atoms in total. The molecule has 0 spiro atoms. The summed E-state index contributed by atoms with van der Waals surface area (Å²) in [6.45, 7) is 4.54. The fourth-order valence-corrected chi connectivity index (χ4v) is 5.00. The summed E-state index contributed by atoms with van der Waals surface area (Å²) < 4.78 is 78.4. The van der Waals surface area contributed by atoms with Gasteiger partial charge in [-0.1, -0.05) is 42.6 Å². The van der Waals surface area contributed by atoms with Gasteiger partial charge in [0.05, 0.1) is 41.6 Å². The van der Waals surface area contributed by atoms with Crippen molar-refractivity contribution in [3.63, 3.8) is 0 Å². The Morgan fingerprint density at radius 1 is 1.12 bits per heavy atom. The van der Waals surface area contributed by atoms with Crippen LogP contribution in [-0.2, 0) is 30.7 Å². The van der Waals surface area contributed by atoms with E-state index in [4.69, 9.17) is 37.4 Å². The highest BCUT2D eigenvalue weighted by molar-refractivity contribution is 7.93. The number of rotatable bonds is 12. The van der Waals surface area contributed by atoms with Crippen molar-refractivity contribution in [1.29, 1.82) is 0 Å². The number of alkyl halides is 3. The fraction of sp³-hybridized carbons (Fsp3) is 0.407. The zero-order valence-corrected chi connectivity index (χ0v) is 25.5. The molecule has 2 aromatic carbocycles. The minimum atomic E-state index is -5.69. The maximum atomic E-state index is 12.9. The highest BCUT2D eigenvalue weighted by Gasteiger charge is 2.46. The largest absolute Gasteiger partial charge is 0.516 e. The first-order valence-electron chi connectivity index (χ1n) is 13.0. The lowest BCUT2D eigenvalue weighted by Crippen LogP contribution is -2.43. The molecule has 1 saturated heterocycles. The van der Waals surface area contributed by atoms with E-state index in [9.17, 15) is 31.2 Å². The number of carbonyl (C=O) groups excluding carboxylic acids is 2. The van der Waals surface area contributed by atoms with Crippen molar-refractivity contribution in [2.45, 2.75) is 37.7 Å². The van der Waals surface area contributed by atoms with Crippen LogP contribution in [0, 0.1) is 0 Å². The van der Waals surface area contributed by atoms with Crippen molar-refractivity contribution < 1.29 is 45.4 Å². The molecule has 1 amide bonds. The first-order valence-corrected chi connectivity index (χ1v) is 15.3. The summed E-state index contributed by atoms with van der Waals surface area (Å²) >= 11 is 12.6. The maximum Gasteiger partial charge on any atom is 0.516 e. The predicted molar refractivity (Wildman–Crippen MR) is 154 cm³/mol. The molecule has 0 aliphatic carbocycles. The van der Waals surface area contributed by atoms with Crippen molar-refractivity contribution >= 4 is 50.8 Å². The zero-order chi connectivity index (χ0) is 31.8. The van der Waals surface area contributed by atoms with Gasteiger partial charge < -0.3 is 24.4 Å². The summed E-state index contributed by atoms with van der Waals surface area (Å²) in [5, 5.41) is 2.39. The number of nitrogens with one attached hydrogen (secondary N) is 2. The maximum absolute atomic E-state index is 12.9. The van der Waals surface area contributed by atoms with Crippen LogP contribution in [0.4, 0.5) is 18.9 Å². The average Bonchev–Trinajstić information content (AvgIpc) is 2.95. The SMILES string of the molecule is CCC/C=C(/Oc1ccc(CC(NC(=O)c2ccc(NS(=O)(=O)C(F)(F)F)cc2Cl)C(=O)OC)cc1Cl)N1CCOCC1. The summed E-state index contributed by atoms with van der Waals surface area (Å²) in [4.78, 5) is 27.5. The number of carbonyl (C=O) groups is 2. The number of nitrogens with zero attached hydrogens (tertiary/aromatic N) is 1. The summed E-state index contributed by atoms with van der Waals surface area (Å²) in [6.07, 6.45) is 3.68. The number of hydrogen-bond donors (Lipinski definition) is 2. The molecule has 0 bridgehead atoms. The van der Waals surface area contributed by atoms with Crippen LogP contribution in [0.25, 0.3) is 0 Å². The Labute approximate surface area is 257 Å². The summed E-state index contributed by atoms with van der Waals surface area (Å²) in [7, 11) is -4.56. The van der Waals surface area contributed by atoms with Gasteiger partial charge in [-0.3, -0.25) is 9.52 Å². The number of methoxy groups -OCH3 is 1. The van der Waals surface area contributed by atoms with E-state index in [1.54, 1.807) is 18.2 Å². The van der Waals surface area contributed by atoms with Crippen LogP contribution in [-0.4, -0.2) is 70.2 Å². The zero-order valence-electron chi connectivity index (χ0n) is 23.2. The molecule has 236 valence electrons. The van der Waals surface area contributed by atoms with Gasteiger partial charge in [-0.25, -0.2) is 4.79 Å². The lowest BCUT2D eigenvalue weighted by molar-refractivity contribution is -0.142. The molecule has 3 rings (SSSR count). The van der Waals surface area contributed by atoms with Gasteiger partial charge in [-0.05, 0) is 48.4 Å². The second kappa shape index (κ2) is 15.0. The first kappa shape index (κ1) is 34.3. The molecule has 0 radical (unpaired) electrons. The van der Waals surface area contributed by atoms with Crippen molar-refractivity contribution in [2.24, 2.45) is 0 Å². The third-order valence-electron chi connectivity index (χ3n) is 6.14. The number of sulfonamides is 1. The van der Waals surface area contributed by atoms with Crippen LogP contribution in [0.1, 0.15) is 35.7 Å². The Hall–Kier alpha value is -3.20. The summed E-state index contributed by atoms with van der Waals surface area (Å²) in [5.41, 5.74) is -5.72. The number of anilines is 1. The van der Waals surface area contributed by atoms with Crippen LogP contribution in [0.15, 0.2) is 48.4 Å². The molecule has 0 saturated carbocycles. The van der Waals surface area contributed by atoms with E-state index >= 15 is 0 Å².